The number of benzene rings is 2. The maximum absolute atomic E-state index is 12.5. The second kappa shape index (κ2) is 15.6. The molecule has 3 aromatic rings. The summed E-state index contributed by atoms with van der Waals surface area (Å²) in [5.74, 6) is 1.35. The summed E-state index contributed by atoms with van der Waals surface area (Å²) in [6.07, 6.45) is 6.97. The van der Waals surface area contributed by atoms with E-state index in [9.17, 15) is 13.6 Å². The number of ether oxygens (including phenoxy) is 2. The van der Waals surface area contributed by atoms with E-state index in [2.05, 4.69) is 43.1 Å². The molecule has 1 aromatic heterocycles. The predicted octanol–water partition coefficient (Wildman–Crippen LogP) is 7.31. The lowest BCUT2D eigenvalue weighted by Crippen LogP contribution is -2.15. The highest BCUT2D eigenvalue weighted by Crippen LogP contribution is 2.22. The monoisotopic (exact) mass is 596 g/mol. The molecule has 0 spiro atoms. The average Bonchev–Trinajstić information content (AvgIpc) is 3.27. The minimum atomic E-state index is -2.89. The van der Waals surface area contributed by atoms with E-state index in [0.717, 1.165) is 29.6 Å². The first-order valence-corrected chi connectivity index (χ1v) is 14.0. The van der Waals surface area contributed by atoms with Crippen molar-refractivity contribution in [3.05, 3.63) is 58.8 Å². The van der Waals surface area contributed by atoms with Crippen LogP contribution in [-0.2, 0) is 17.9 Å². The first kappa shape index (κ1) is 28.9. The number of nitrogens with one attached hydrogen (secondary N) is 1. The van der Waals surface area contributed by atoms with E-state index in [-0.39, 0.29) is 24.0 Å². The molecule has 1 heterocycles. The van der Waals surface area contributed by atoms with Gasteiger partial charge in [-0.25, -0.2) is 0 Å². The third-order valence-corrected chi connectivity index (χ3v) is 6.90. The van der Waals surface area contributed by atoms with Crippen LogP contribution in [-0.4, -0.2) is 33.0 Å². The van der Waals surface area contributed by atoms with Crippen LogP contribution in [0.3, 0.4) is 0 Å². The minimum absolute atomic E-state index is 0.0306. The Hall–Kier alpha value is -2.66. The molecule has 0 aliphatic carbocycles. The lowest BCUT2D eigenvalue weighted by molar-refractivity contribution is -0.113. The Bertz CT molecular complexity index is 1100. The van der Waals surface area contributed by atoms with Gasteiger partial charge in [-0.3, -0.25) is 4.79 Å². The molecule has 3 rings (SSSR count). The summed E-state index contributed by atoms with van der Waals surface area (Å²) in [5, 5.41) is 12.0. The summed E-state index contributed by atoms with van der Waals surface area (Å²) in [5.41, 5.74) is 0.490. The summed E-state index contributed by atoms with van der Waals surface area (Å²) in [4.78, 5) is 12.5. The van der Waals surface area contributed by atoms with Gasteiger partial charge in [0, 0.05) is 16.7 Å². The van der Waals surface area contributed by atoms with Crippen molar-refractivity contribution >= 4 is 39.3 Å². The van der Waals surface area contributed by atoms with E-state index < -0.39 is 6.61 Å². The van der Waals surface area contributed by atoms with Gasteiger partial charge < -0.3 is 19.4 Å². The summed E-state index contributed by atoms with van der Waals surface area (Å²) in [6.45, 7) is 0.319. The molecule has 11 heteroatoms. The van der Waals surface area contributed by atoms with Crippen molar-refractivity contribution in [2.24, 2.45) is 0 Å². The molecule has 37 heavy (non-hydrogen) atoms. The molecule has 1 amide bonds. The third-order valence-electron chi connectivity index (χ3n) is 5.41. The van der Waals surface area contributed by atoms with Gasteiger partial charge in [0.05, 0.1) is 5.75 Å². The van der Waals surface area contributed by atoms with Gasteiger partial charge in [-0.05, 0) is 55.0 Å². The van der Waals surface area contributed by atoms with Crippen molar-refractivity contribution in [3.8, 4) is 11.5 Å². The zero-order valence-electron chi connectivity index (χ0n) is 20.7. The van der Waals surface area contributed by atoms with Crippen LogP contribution >= 0.6 is 27.7 Å². The standard InChI is InChI=1S/C26H31BrF2N4O3S/c1-2-3-4-5-6-7-16-33-23(17-35-21-12-8-19(27)9-13-21)31-32-26(33)37-18-24(34)30-20-10-14-22(15-11-20)36-25(28)29/h8-15,25H,2-7,16-18H2,1H3,(H,30,34). The quantitative estimate of drug-likeness (QED) is 0.138. The Morgan fingerprint density at radius 3 is 2.38 bits per heavy atom. The van der Waals surface area contributed by atoms with Gasteiger partial charge in [0.1, 0.15) is 18.1 Å². The van der Waals surface area contributed by atoms with Gasteiger partial charge in [0.25, 0.3) is 0 Å². The number of rotatable bonds is 16. The van der Waals surface area contributed by atoms with Gasteiger partial charge in [-0.1, -0.05) is 66.7 Å². The Labute approximate surface area is 228 Å². The number of carbonyl (C=O) groups is 1. The molecular formula is C26H31BrF2N4O3S. The van der Waals surface area contributed by atoms with Crippen LogP contribution in [0, 0.1) is 0 Å². The largest absolute Gasteiger partial charge is 0.486 e. The lowest BCUT2D eigenvalue weighted by atomic mass is 10.1. The Morgan fingerprint density at radius 1 is 1.00 bits per heavy atom. The summed E-state index contributed by atoms with van der Waals surface area (Å²) in [7, 11) is 0. The van der Waals surface area contributed by atoms with Gasteiger partial charge in [-0.15, -0.1) is 10.2 Å². The highest BCUT2D eigenvalue weighted by Gasteiger charge is 2.15. The number of alkyl halides is 2. The topological polar surface area (TPSA) is 78.3 Å². The van der Waals surface area contributed by atoms with E-state index in [4.69, 9.17) is 4.74 Å². The molecule has 0 bridgehead atoms. The van der Waals surface area contributed by atoms with Crippen LogP contribution in [0.15, 0.2) is 58.2 Å². The summed E-state index contributed by atoms with van der Waals surface area (Å²) < 4.78 is 37.8. The molecule has 0 aliphatic heterocycles. The van der Waals surface area contributed by atoms with E-state index in [1.54, 1.807) is 0 Å². The van der Waals surface area contributed by atoms with Crippen molar-refractivity contribution in [3.63, 3.8) is 0 Å². The van der Waals surface area contributed by atoms with Crippen LogP contribution in [0.4, 0.5) is 14.5 Å². The fourth-order valence-corrected chi connectivity index (χ4v) is 4.58. The smallest absolute Gasteiger partial charge is 0.387 e. The molecule has 0 saturated carbocycles. The average molecular weight is 598 g/mol. The normalized spacial score (nSPS) is 11.1. The van der Waals surface area contributed by atoms with E-state index in [1.165, 1.54) is 61.7 Å². The molecule has 2 aromatic carbocycles. The second-order valence-corrected chi connectivity index (χ2v) is 10.2. The number of unbranched alkanes of at least 4 members (excludes halogenated alkanes) is 5. The van der Waals surface area contributed by atoms with Crippen LogP contribution in [0.1, 0.15) is 51.3 Å². The fraction of sp³-hybridized carbons (Fsp3) is 0.423. The molecule has 0 fully saturated rings. The number of aromatic nitrogens is 3. The van der Waals surface area contributed by atoms with Crippen LogP contribution in [0.2, 0.25) is 0 Å². The number of hydrogen-bond acceptors (Lipinski definition) is 6. The molecule has 1 N–H and O–H groups in total. The zero-order chi connectivity index (χ0) is 26.5. The highest BCUT2D eigenvalue weighted by molar-refractivity contribution is 9.10. The van der Waals surface area contributed by atoms with Gasteiger partial charge in [0.15, 0.2) is 11.0 Å². The molecule has 0 aliphatic rings. The molecule has 0 radical (unpaired) electrons. The Balaban J connectivity index is 1.58. The SMILES string of the molecule is CCCCCCCCn1c(COc2ccc(Br)cc2)nnc1SCC(=O)Nc1ccc(OC(F)F)cc1. The minimum Gasteiger partial charge on any atom is -0.486 e. The Kier molecular flexibility index (Phi) is 12.2. The van der Waals surface area contributed by atoms with Crippen LogP contribution < -0.4 is 14.8 Å². The number of carbonyl (C=O) groups excluding carboxylic acids is 1. The number of hydrogen-bond donors (Lipinski definition) is 1. The number of anilines is 1. The van der Waals surface area contributed by atoms with E-state index >= 15 is 0 Å². The first-order chi connectivity index (χ1) is 17.9. The lowest BCUT2D eigenvalue weighted by Gasteiger charge is -2.11. The maximum Gasteiger partial charge on any atom is 0.387 e. The maximum atomic E-state index is 12.5. The molecule has 0 saturated heterocycles. The number of thioether (sulfide) groups is 1. The highest BCUT2D eigenvalue weighted by atomic mass is 79.9. The summed E-state index contributed by atoms with van der Waals surface area (Å²) >= 11 is 4.71. The van der Waals surface area contributed by atoms with E-state index in [0.29, 0.717) is 16.7 Å². The zero-order valence-corrected chi connectivity index (χ0v) is 23.1. The molecule has 200 valence electrons. The van der Waals surface area contributed by atoms with Gasteiger partial charge >= 0.3 is 6.61 Å². The molecule has 7 nitrogen and oxygen atoms in total. The summed E-state index contributed by atoms with van der Waals surface area (Å²) in [6, 6.07) is 13.4. The van der Waals surface area contributed by atoms with Crippen molar-refractivity contribution in [2.45, 2.75) is 70.4 Å². The van der Waals surface area contributed by atoms with Crippen molar-refractivity contribution in [1.29, 1.82) is 0 Å². The molecule has 0 unspecified atom stereocenters. The number of nitrogens with zero attached hydrogens (tertiary/aromatic N) is 3. The third kappa shape index (κ3) is 10.3. The van der Waals surface area contributed by atoms with Gasteiger partial charge in [-0.2, -0.15) is 8.78 Å². The molecular weight excluding hydrogens is 566 g/mol. The Morgan fingerprint density at radius 2 is 1.68 bits per heavy atom. The van der Waals surface area contributed by atoms with Crippen molar-refractivity contribution < 1.29 is 23.0 Å². The van der Waals surface area contributed by atoms with Crippen molar-refractivity contribution in [1.82, 2.24) is 14.8 Å². The van der Waals surface area contributed by atoms with E-state index in [1.807, 2.05) is 28.8 Å². The van der Waals surface area contributed by atoms with Crippen LogP contribution in [0.5, 0.6) is 11.5 Å². The number of halogens is 3. The van der Waals surface area contributed by atoms with Crippen LogP contribution in [0.25, 0.3) is 0 Å². The second-order valence-electron chi connectivity index (χ2n) is 8.30. The molecule has 0 atom stereocenters. The van der Waals surface area contributed by atoms with Crippen molar-refractivity contribution in [2.75, 3.05) is 11.1 Å². The number of amides is 1. The van der Waals surface area contributed by atoms with Gasteiger partial charge in [0.2, 0.25) is 5.91 Å². The predicted molar refractivity (Wildman–Crippen MR) is 144 cm³/mol. The fourth-order valence-electron chi connectivity index (χ4n) is 3.53. The first-order valence-electron chi connectivity index (χ1n) is 12.2.